The molecular weight excluding hydrogens is 214 g/mol. The first-order valence-electron chi connectivity index (χ1n) is 7.12. The van der Waals surface area contributed by atoms with Crippen molar-refractivity contribution in [1.29, 1.82) is 0 Å². The molecule has 0 bridgehead atoms. The van der Waals surface area contributed by atoms with Gasteiger partial charge >= 0.3 is 0 Å². The highest BCUT2D eigenvalue weighted by Crippen LogP contribution is 2.32. The van der Waals surface area contributed by atoms with Crippen LogP contribution in [0.5, 0.6) is 0 Å². The molecule has 1 aliphatic carbocycles. The van der Waals surface area contributed by atoms with Gasteiger partial charge in [0.15, 0.2) is 0 Å². The highest BCUT2D eigenvalue weighted by molar-refractivity contribution is 7.99. The zero-order chi connectivity index (χ0) is 11.8. The van der Waals surface area contributed by atoms with Crippen molar-refractivity contribution in [1.82, 2.24) is 5.32 Å². The van der Waals surface area contributed by atoms with E-state index in [-0.39, 0.29) is 0 Å². The van der Waals surface area contributed by atoms with Crippen LogP contribution in [0.1, 0.15) is 59.3 Å². The second kappa shape index (κ2) is 8.41. The van der Waals surface area contributed by atoms with Crippen LogP contribution in [0.25, 0.3) is 0 Å². The molecule has 0 radical (unpaired) electrons. The SMILES string of the molecule is CCCCSC1CC(C)CCC1NCCC. The maximum Gasteiger partial charge on any atom is 0.0203 e. The van der Waals surface area contributed by atoms with E-state index in [1.165, 1.54) is 50.8 Å². The smallest absolute Gasteiger partial charge is 0.0203 e. The Balaban J connectivity index is 2.32. The maximum absolute atomic E-state index is 3.75. The highest BCUT2D eigenvalue weighted by Gasteiger charge is 2.27. The van der Waals surface area contributed by atoms with Crippen LogP contribution in [0, 0.1) is 5.92 Å². The first-order valence-corrected chi connectivity index (χ1v) is 8.17. The van der Waals surface area contributed by atoms with Gasteiger partial charge in [0, 0.05) is 11.3 Å². The summed E-state index contributed by atoms with van der Waals surface area (Å²) in [6, 6.07) is 0.790. The lowest BCUT2D eigenvalue weighted by Crippen LogP contribution is -2.42. The largest absolute Gasteiger partial charge is 0.313 e. The van der Waals surface area contributed by atoms with Crippen LogP contribution >= 0.6 is 11.8 Å². The van der Waals surface area contributed by atoms with Gasteiger partial charge in [0.2, 0.25) is 0 Å². The van der Waals surface area contributed by atoms with Crippen molar-refractivity contribution in [3.63, 3.8) is 0 Å². The average Bonchev–Trinajstić information content (AvgIpc) is 2.28. The Labute approximate surface area is 106 Å². The first kappa shape index (κ1) is 14.4. The van der Waals surface area contributed by atoms with Crippen LogP contribution in [0.15, 0.2) is 0 Å². The average molecular weight is 243 g/mol. The lowest BCUT2D eigenvalue weighted by molar-refractivity contribution is 0.317. The summed E-state index contributed by atoms with van der Waals surface area (Å²) in [5.41, 5.74) is 0. The highest BCUT2D eigenvalue weighted by atomic mass is 32.2. The predicted molar refractivity (Wildman–Crippen MR) is 76.3 cm³/mol. The molecule has 0 aliphatic heterocycles. The van der Waals surface area contributed by atoms with Crippen LogP contribution in [0.3, 0.4) is 0 Å². The van der Waals surface area contributed by atoms with E-state index in [1.54, 1.807) is 0 Å². The van der Waals surface area contributed by atoms with E-state index in [0.717, 1.165) is 17.2 Å². The van der Waals surface area contributed by atoms with Gasteiger partial charge in [-0.15, -0.1) is 0 Å². The molecule has 0 aromatic rings. The van der Waals surface area contributed by atoms with E-state index in [1.807, 2.05) is 0 Å². The summed E-state index contributed by atoms with van der Waals surface area (Å²) in [6.07, 6.45) is 8.23. The molecule has 0 aromatic heterocycles. The van der Waals surface area contributed by atoms with E-state index >= 15 is 0 Å². The number of hydrogen-bond donors (Lipinski definition) is 1. The van der Waals surface area contributed by atoms with Crippen LogP contribution < -0.4 is 5.32 Å². The Morgan fingerprint density at radius 1 is 1.19 bits per heavy atom. The van der Waals surface area contributed by atoms with Gasteiger partial charge in [0.1, 0.15) is 0 Å². The van der Waals surface area contributed by atoms with Crippen molar-refractivity contribution in [3.8, 4) is 0 Å². The summed E-state index contributed by atoms with van der Waals surface area (Å²) in [5.74, 6) is 2.30. The summed E-state index contributed by atoms with van der Waals surface area (Å²) in [5, 5.41) is 4.62. The van der Waals surface area contributed by atoms with Crippen molar-refractivity contribution < 1.29 is 0 Å². The van der Waals surface area contributed by atoms with E-state index in [9.17, 15) is 0 Å². The minimum atomic E-state index is 0.790. The molecule has 0 heterocycles. The fraction of sp³-hybridized carbons (Fsp3) is 1.00. The van der Waals surface area contributed by atoms with E-state index < -0.39 is 0 Å². The molecule has 1 aliphatic rings. The molecule has 1 N–H and O–H groups in total. The van der Waals surface area contributed by atoms with Gasteiger partial charge in [-0.3, -0.25) is 0 Å². The molecule has 1 nitrogen and oxygen atoms in total. The van der Waals surface area contributed by atoms with Crippen molar-refractivity contribution in [3.05, 3.63) is 0 Å². The number of nitrogens with one attached hydrogen (secondary N) is 1. The van der Waals surface area contributed by atoms with E-state index in [2.05, 4.69) is 37.8 Å². The van der Waals surface area contributed by atoms with Crippen molar-refractivity contribution in [2.24, 2.45) is 5.92 Å². The van der Waals surface area contributed by atoms with Crippen LogP contribution in [-0.4, -0.2) is 23.6 Å². The summed E-state index contributed by atoms with van der Waals surface area (Å²) in [6.45, 7) is 8.17. The lowest BCUT2D eigenvalue weighted by atomic mass is 9.87. The molecule has 0 aromatic carbocycles. The molecule has 0 amide bonds. The van der Waals surface area contributed by atoms with Gasteiger partial charge < -0.3 is 5.32 Å². The molecule has 3 atom stereocenters. The molecule has 1 rings (SSSR count). The van der Waals surface area contributed by atoms with Crippen molar-refractivity contribution in [2.75, 3.05) is 12.3 Å². The molecule has 1 saturated carbocycles. The Bertz CT molecular complexity index is 170. The second-order valence-corrected chi connectivity index (χ2v) is 6.59. The Morgan fingerprint density at radius 2 is 2.00 bits per heavy atom. The minimum Gasteiger partial charge on any atom is -0.313 e. The maximum atomic E-state index is 3.75. The predicted octanol–water partition coefficient (Wildman–Crippen LogP) is 4.08. The molecule has 3 unspecified atom stereocenters. The first-order chi connectivity index (χ1) is 7.77. The zero-order valence-corrected chi connectivity index (χ0v) is 12.1. The quantitative estimate of drug-likeness (QED) is 0.676. The van der Waals surface area contributed by atoms with Crippen molar-refractivity contribution >= 4 is 11.8 Å². The van der Waals surface area contributed by atoms with Crippen LogP contribution in [0.2, 0.25) is 0 Å². The normalized spacial score (nSPS) is 30.6. The van der Waals surface area contributed by atoms with Gasteiger partial charge in [0.05, 0.1) is 0 Å². The van der Waals surface area contributed by atoms with Gasteiger partial charge in [-0.2, -0.15) is 11.8 Å². The third kappa shape index (κ3) is 5.09. The molecule has 2 heteroatoms. The minimum absolute atomic E-state index is 0.790. The molecule has 16 heavy (non-hydrogen) atoms. The number of hydrogen-bond acceptors (Lipinski definition) is 2. The zero-order valence-electron chi connectivity index (χ0n) is 11.3. The lowest BCUT2D eigenvalue weighted by Gasteiger charge is -2.35. The van der Waals surface area contributed by atoms with Crippen LogP contribution in [0.4, 0.5) is 0 Å². The Hall–Kier alpha value is 0.310. The third-order valence-electron chi connectivity index (χ3n) is 3.54. The Kier molecular flexibility index (Phi) is 7.55. The molecule has 1 fully saturated rings. The van der Waals surface area contributed by atoms with Crippen LogP contribution in [-0.2, 0) is 0 Å². The van der Waals surface area contributed by atoms with Gasteiger partial charge in [-0.05, 0) is 50.3 Å². The fourth-order valence-corrected chi connectivity index (χ4v) is 4.14. The monoisotopic (exact) mass is 243 g/mol. The van der Waals surface area contributed by atoms with Gasteiger partial charge in [-0.1, -0.05) is 27.2 Å². The number of thioether (sulfide) groups is 1. The van der Waals surface area contributed by atoms with Gasteiger partial charge in [-0.25, -0.2) is 0 Å². The number of rotatable bonds is 7. The summed E-state index contributed by atoms with van der Waals surface area (Å²) < 4.78 is 0. The Morgan fingerprint density at radius 3 is 2.69 bits per heavy atom. The molecule has 96 valence electrons. The second-order valence-electron chi connectivity index (χ2n) is 5.24. The van der Waals surface area contributed by atoms with Crippen molar-refractivity contribution in [2.45, 2.75) is 70.6 Å². The molecule has 0 spiro atoms. The molecule has 0 saturated heterocycles. The summed E-state index contributed by atoms with van der Waals surface area (Å²) >= 11 is 2.22. The fourth-order valence-electron chi connectivity index (χ4n) is 2.46. The van der Waals surface area contributed by atoms with Gasteiger partial charge in [0.25, 0.3) is 0 Å². The third-order valence-corrected chi connectivity index (χ3v) is 5.01. The molecular formula is C14H29NS. The number of unbranched alkanes of at least 4 members (excludes halogenated alkanes) is 1. The summed E-state index contributed by atoms with van der Waals surface area (Å²) in [7, 11) is 0. The van der Waals surface area contributed by atoms with E-state index in [0.29, 0.717) is 0 Å². The standard InChI is InChI=1S/C14H29NS/c1-4-6-10-16-14-11-12(3)7-8-13(14)15-9-5-2/h12-15H,4-11H2,1-3H3. The summed E-state index contributed by atoms with van der Waals surface area (Å²) in [4.78, 5) is 0. The van der Waals surface area contributed by atoms with E-state index in [4.69, 9.17) is 0 Å². The topological polar surface area (TPSA) is 12.0 Å².